The molecule has 0 atom stereocenters. The van der Waals surface area contributed by atoms with Crippen molar-refractivity contribution in [3.05, 3.63) is 80.0 Å². The van der Waals surface area contributed by atoms with Crippen molar-refractivity contribution in [2.45, 2.75) is 0 Å². The Bertz CT molecular complexity index is 991. The first-order valence-corrected chi connectivity index (χ1v) is 6.75. The van der Waals surface area contributed by atoms with Gasteiger partial charge in [0.1, 0.15) is 0 Å². The Hall–Kier alpha value is -2.86. The van der Waals surface area contributed by atoms with E-state index in [1.165, 1.54) is 6.07 Å². The second-order valence-corrected chi connectivity index (χ2v) is 4.94. The molecule has 0 aliphatic heterocycles. The highest BCUT2D eigenvalue weighted by Crippen LogP contribution is 2.14. The molecule has 0 saturated carbocycles. The highest BCUT2D eigenvalue weighted by atomic mass is 35.5. The van der Waals surface area contributed by atoms with Gasteiger partial charge in [0.05, 0.1) is 21.5 Å². The lowest BCUT2D eigenvalue weighted by atomic mass is 10.2. The Labute approximate surface area is 128 Å². The Balaban J connectivity index is 2.08. The van der Waals surface area contributed by atoms with Crippen LogP contribution in [0.1, 0.15) is 10.4 Å². The summed E-state index contributed by atoms with van der Waals surface area (Å²) in [6.45, 7) is 0. The summed E-state index contributed by atoms with van der Waals surface area (Å²) in [5.74, 6) is -0.645. The van der Waals surface area contributed by atoms with Gasteiger partial charge in [-0.05, 0) is 24.3 Å². The molecule has 110 valence electrons. The van der Waals surface area contributed by atoms with Crippen LogP contribution in [0.25, 0.3) is 10.9 Å². The molecular formula is C15H10ClN3O3. The Kier molecular flexibility index (Phi) is 3.52. The van der Waals surface area contributed by atoms with Crippen LogP contribution in [0.3, 0.4) is 0 Å². The number of para-hydroxylation sites is 1. The number of nitrogens with zero attached hydrogens (tertiary/aromatic N) is 1. The summed E-state index contributed by atoms with van der Waals surface area (Å²) in [5.41, 5.74) is 1.49. The number of hydrogen-bond acceptors (Lipinski definition) is 3. The van der Waals surface area contributed by atoms with Gasteiger partial charge < -0.3 is 4.98 Å². The fraction of sp³-hybridized carbons (Fsp3) is 0. The molecule has 0 unspecified atom stereocenters. The molecule has 22 heavy (non-hydrogen) atoms. The van der Waals surface area contributed by atoms with Gasteiger partial charge in [0.15, 0.2) is 0 Å². The maximum atomic E-state index is 12.3. The SMILES string of the molecule is O=C(Nn1c(=O)[nH]c2ccccc2c1=O)c1ccccc1Cl. The van der Waals surface area contributed by atoms with Crippen LogP contribution in [0, 0.1) is 0 Å². The molecule has 0 aliphatic carbocycles. The van der Waals surface area contributed by atoms with Crippen molar-refractivity contribution in [2.24, 2.45) is 0 Å². The fourth-order valence-electron chi connectivity index (χ4n) is 2.07. The van der Waals surface area contributed by atoms with E-state index in [2.05, 4.69) is 10.4 Å². The number of aromatic nitrogens is 2. The molecule has 0 radical (unpaired) electrons. The Morgan fingerprint density at radius 3 is 2.50 bits per heavy atom. The number of fused-ring (bicyclic) bond motifs is 1. The molecule has 1 amide bonds. The minimum atomic E-state index is -0.732. The van der Waals surface area contributed by atoms with Crippen molar-refractivity contribution in [1.29, 1.82) is 0 Å². The van der Waals surface area contributed by atoms with Gasteiger partial charge in [-0.3, -0.25) is 15.0 Å². The first kappa shape index (κ1) is 14.1. The van der Waals surface area contributed by atoms with Crippen LogP contribution >= 0.6 is 11.6 Å². The van der Waals surface area contributed by atoms with Gasteiger partial charge in [-0.15, -0.1) is 0 Å². The minimum absolute atomic E-state index is 0.170. The number of rotatable bonds is 2. The van der Waals surface area contributed by atoms with E-state index in [0.717, 1.165) is 0 Å². The number of benzene rings is 2. The number of aromatic amines is 1. The lowest BCUT2D eigenvalue weighted by molar-refractivity contribution is 0.101. The molecule has 3 aromatic rings. The number of carbonyl (C=O) groups is 1. The summed E-state index contributed by atoms with van der Waals surface area (Å²) in [4.78, 5) is 39.0. The van der Waals surface area contributed by atoms with Gasteiger partial charge in [0, 0.05) is 0 Å². The molecule has 2 N–H and O–H groups in total. The number of H-pyrrole nitrogens is 1. The third-order valence-electron chi connectivity index (χ3n) is 3.14. The van der Waals surface area contributed by atoms with Crippen LogP contribution in [-0.4, -0.2) is 15.6 Å². The predicted molar refractivity (Wildman–Crippen MR) is 84.0 cm³/mol. The molecule has 1 heterocycles. The topological polar surface area (TPSA) is 84.0 Å². The predicted octanol–water partition coefficient (Wildman–Crippen LogP) is 1.73. The highest BCUT2D eigenvalue weighted by Gasteiger charge is 2.13. The molecule has 0 saturated heterocycles. The summed E-state index contributed by atoms with van der Waals surface area (Å²) in [7, 11) is 0. The van der Waals surface area contributed by atoms with E-state index in [-0.39, 0.29) is 10.6 Å². The van der Waals surface area contributed by atoms with Gasteiger partial charge in [-0.25, -0.2) is 4.79 Å². The summed E-state index contributed by atoms with van der Waals surface area (Å²) in [6.07, 6.45) is 0. The van der Waals surface area contributed by atoms with E-state index in [4.69, 9.17) is 11.6 Å². The van der Waals surface area contributed by atoms with Gasteiger partial charge in [0.25, 0.3) is 11.5 Å². The second-order valence-electron chi connectivity index (χ2n) is 4.54. The van der Waals surface area contributed by atoms with Gasteiger partial charge in [0.2, 0.25) is 0 Å². The molecule has 6 nitrogen and oxygen atoms in total. The summed E-state index contributed by atoms with van der Waals surface area (Å²) in [6, 6.07) is 12.9. The molecule has 3 rings (SSSR count). The van der Waals surface area contributed by atoms with Crippen molar-refractivity contribution in [3.63, 3.8) is 0 Å². The highest BCUT2D eigenvalue weighted by molar-refractivity contribution is 6.34. The zero-order chi connectivity index (χ0) is 15.7. The first-order valence-electron chi connectivity index (χ1n) is 6.38. The lowest BCUT2D eigenvalue weighted by Crippen LogP contribution is -2.43. The molecule has 0 bridgehead atoms. The van der Waals surface area contributed by atoms with Crippen LogP contribution in [0.5, 0.6) is 0 Å². The number of halogens is 1. The van der Waals surface area contributed by atoms with Crippen molar-refractivity contribution >= 4 is 28.4 Å². The quantitative estimate of drug-likeness (QED) is 0.755. The molecule has 0 spiro atoms. The number of nitrogens with one attached hydrogen (secondary N) is 2. The molecule has 0 fully saturated rings. The Morgan fingerprint density at radius 2 is 1.73 bits per heavy atom. The van der Waals surface area contributed by atoms with Crippen molar-refractivity contribution in [1.82, 2.24) is 9.66 Å². The maximum Gasteiger partial charge on any atom is 0.348 e. The molecule has 0 aliphatic rings. The maximum absolute atomic E-state index is 12.3. The molecule has 1 aromatic heterocycles. The van der Waals surface area contributed by atoms with Crippen molar-refractivity contribution in [2.75, 3.05) is 5.43 Å². The standard InChI is InChI=1S/C15H10ClN3O3/c16-11-7-3-1-5-9(11)13(20)18-19-14(21)10-6-2-4-8-12(10)17-15(19)22/h1-8H,(H,17,22)(H,18,20). The van der Waals surface area contributed by atoms with E-state index in [0.29, 0.717) is 15.6 Å². The lowest BCUT2D eigenvalue weighted by Gasteiger charge is -2.09. The average Bonchev–Trinajstić information content (AvgIpc) is 2.51. The summed E-state index contributed by atoms with van der Waals surface area (Å²) in [5, 5.41) is 0.520. The smallest absolute Gasteiger partial charge is 0.305 e. The normalized spacial score (nSPS) is 10.6. The summed E-state index contributed by atoms with van der Waals surface area (Å²) >= 11 is 5.93. The minimum Gasteiger partial charge on any atom is -0.305 e. The van der Waals surface area contributed by atoms with E-state index in [1.807, 2.05) is 0 Å². The molecule has 2 aromatic carbocycles. The van der Waals surface area contributed by atoms with Gasteiger partial charge >= 0.3 is 5.69 Å². The third-order valence-corrected chi connectivity index (χ3v) is 3.47. The number of hydrogen-bond donors (Lipinski definition) is 2. The molecular weight excluding hydrogens is 306 g/mol. The van der Waals surface area contributed by atoms with Crippen molar-refractivity contribution in [3.8, 4) is 0 Å². The van der Waals surface area contributed by atoms with E-state index >= 15 is 0 Å². The second kappa shape index (κ2) is 5.50. The van der Waals surface area contributed by atoms with Crippen LogP contribution in [0.2, 0.25) is 5.02 Å². The first-order chi connectivity index (χ1) is 10.6. The van der Waals surface area contributed by atoms with E-state index in [1.54, 1.807) is 42.5 Å². The van der Waals surface area contributed by atoms with Crippen LogP contribution in [-0.2, 0) is 0 Å². The average molecular weight is 316 g/mol. The van der Waals surface area contributed by atoms with Crippen molar-refractivity contribution < 1.29 is 4.79 Å². The Morgan fingerprint density at radius 1 is 1.05 bits per heavy atom. The number of carbonyl (C=O) groups excluding carboxylic acids is 1. The summed E-state index contributed by atoms with van der Waals surface area (Å²) < 4.78 is 0.633. The van der Waals surface area contributed by atoms with E-state index < -0.39 is 17.2 Å². The zero-order valence-corrected chi connectivity index (χ0v) is 11.9. The molecule has 7 heteroatoms. The third kappa shape index (κ3) is 2.40. The monoisotopic (exact) mass is 315 g/mol. The number of amides is 1. The fourth-order valence-corrected chi connectivity index (χ4v) is 2.29. The van der Waals surface area contributed by atoms with Crippen LogP contribution in [0.15, 0.2) is 58.1 Å². The van der Waals surface area contributed by atoms with Crippen LogP contribution in [0.4, 0.5) is 0 Å². The van der Waals surface area contributed by atoms with E-state index in [9.17, 15) is 14.4 Å². The van der Waals surface area contributed by atoms with Gasteiger partial charge in [-0.1, -0.05) is 35.9 Å². The zero-order valence-electron chi connectivity index (χ0n) is 11.2. The largest absolute Gasteiger partial charge is 0.348 e. The van der Waals surface area contributed by atoms with Crippen LogP contribution < -0.4 is 16.7 Å². The van der Waals surface area contributed by atoms with Gasteiger partial charge in [-0.2, -0.15) is 4.68 Å².